The zero-order chi connectivity index (χ0) is 25.2. The van der Waals surface area contributed by atoms with Crippen molar-refractivity contribution in [1.82, 2.24) is 9.80 Å². The molecule has 0 saturated carbocycles. The molecule has 0 radical (unpaired) electrons. The Morgan fingerprint density at radius 1 is 1.08 bits per heavy atom. The number of amides is 1. The van der Waals surface area contributed by atoms with E-state index in [4.69, 9.17) is 14.5 Å². The van der Waals surface area contributed by atoms with Crippen molar-refractivity contribution in [3.05, 3.63) is 83.4 Å². The summed E-state index contributed by atoms with van der Waals surface area (Å²) in [6.45, 7) is 8.28. The molecule has 0 unspecified atom stereocenters. The van der Waals surface area contributed by atoms with E-state index < -0.39 is 0 Å². The van der Waals surface area contributed by atoms with Gasteiger partial charge in [-0.2, -0.15) is 0 Å². The van der Waals surface area contributed by atoms with Crippen LogP contribution in [-0.2, 0) is 4.79 Å². The van der Waals surface area contributed by atoms with Crippen LogP contribution in [0.3, 0.4) is 0 Å². The largest absolute Gasteiger partial charge is 0.497 e. The predicted octanol–water partition coefficient (Wildman–Crippen LogP) is 5.91. The van der Waals surface area contributed by atoms with Crippen LogP contribution >= 0.6 is 0 Å². The van der Waals surface area contributed by atoms with Crippen LogP contribution in [0.15, 0.2) is 71.7 Å². The van der Waals surface area contributed by atoms with E-state index in [1.807, 2.05) is 66.4 Å². The van der Waals surface area contributed by atoms with Gasteiger partial charge in [0, 0.05) is 25.7 Å². The number of hydrogen-bond acceptors (Lipinski definition) is 5. The molecular formula is C30H33N3O3. The number of hydrogen-bond donors (Lipinski definition) is 0. The molecule has 2 aliphatic rings. The minimum atomic E-state index is -0.121. The van der Waals surface area contributed by atoms with Crippen molar-refractivity contribution in [3.8, 4) is 17.2 Å². The van der Waals surface area contributed by atoms with E-state index in [-0.39, 0.29) is 17.9 Å². The fourth-order valence-electron chi connectivity index (χ4n) is 5.14. The number of piperazine rings is 1. The summed E-state index contributed by atoms with van der Waals surface area (Å²) < 4.78 is 11.8. The lowest BCUT2D eigenvalue weighted by Gasteiger charge is -2.42. The van der Waals surface area contributed by atoms with E-state index in [1.165, 1.54) is 0 Å². The number of ether oxygens (including phenoxy) is 2. The molecule has 0 aromatic heterocycles. The van der Waals surface area contributed by atoms with Crippen molar-refractivity contribution in [2.75, 3.05) is 26.7 Å². The number of methoxy groups -OCH3 is 1. The van der Waals surface area contributed by atoms with Gasteiger partial charge in [-0.15, -0.1) is 0 Å². The molecule has 1 amide bonds. The van der Waals surface area contributed by atoms with Gasteiger partial charge >= 0.3 is 0 Å². The molecule has 6 nitrogen and oxygen atoms in total. The number of nitrogens with zero attached hydrogens (tertiary/aromatic N) is 3. The molecule has 2 atom stereocenters. The Hall–Kier alpha value is -3.80. The first-order valence-corrected chi connectivity index (χ1v) is 12.6. The van der Waals surface area contributed by atoms with Gasteiger partial charge in [-0.05, 0) is 61.7 Å². The molecule has 3 aromatic rings. The highest BCUT2D eigenvalue weighted by Gasteiger charge is 2.34. The second-order valence-electron chi connectivity index (χ2n) is 9.57. The zero-order valence-corrected chi connectivity index (χ0v) is 21.4. The summed E-state index contributed by atoms with van der Waals surface area (Å²) >= 11 is 0. The number of aryl methyl sites for hydroxylation is 1. The Kier molecular flexibility index (Phi) is 6.68. The Morgan fingerprint density at radius 3 is 2.61 bits per heavy atom. The molecule has 0 spiro atoms. The summed E-state index contributed by atoms with van der Waals surface area (Å²) in [5.74, 6) is 3.17. The average molecular weight is 484 g/mol. The van der Waals surface area contributed by atoms with Crippen LogP contribution in [0.25, 0.3) is 0 Å². The lowest BCUT2D eigenvalue weighted by molar-refractivity contribution is -0.136. The summed E-state index contributed by atoms with van der Waals surface area (Å²) in [7, 11) is 1.66. The smallest absolute Gasteiger partial charge is 0.230 e. The van der Waals surface area contributed by atoms with Crippen LogP contribution < -0.4 is 9.47 Å². The second-order valence-corrected chi connectivity index (χ2v) is 9.57. The van der Waals surface area contributed by atoms with Crippen molar-refractivity contribution < 1.29 is 14.3 Å². The molecule has 2 aliphatic heterocycles. The highest BCUT2D eigenvalue weighted by Crippen LogP contribution is 2.40. The number of carbonyl (C=O) groups is 1. The molecule has 5 rings (SSSR count). The van der Waals surface area contributed by atoms with Crippen molar-refractivity contribution >= 4 is 17.4 Å². The minimum Gasteiger partial charge on any atom is -0.497 e. The fraction of sp³-hybridized carbons (Fsp3) is 0.333. The molecule has 36 heavy (non-hydrogen) atoms. The maximum Gasteiger partial charge on any atom is 0.230 e. The van der Waals surface area contributed by atoms with Gasteiger partial charge in [-0.3, -0.25) is 4.79 Å². The normalized spacial score (nSPS) is 17.8. The van der Waals surface area contributed by atoms with E-state index in [0.717, 1.165) is 51.9 Å². The fourth-order valence-corrected chi connectivity index (χ4v) is 5.14. The molecule has 0 aliphatic carbocycles. The van der Waals surface area contributed by atoms with E-state index in [9.17, 15) is 4.79 Å². The maximum absolute atomic E-state index is 13.6. The summed E-state index contributed by atoms with van der Waals surface area (Å²) in [4.78, 5) is 23.0. The molecule has 6 heteroatoms. The number of amidine groups is 1. The Labute approximate surface area is 213 Å². The van der Waals surface area contributed by atoms with Crippen LogP contribution in [0, 0.1) is 6.92 Å². The number of carbonyl (C=O) groups excluding carboxylic acids is 1. The quantitative estimate of drug-likeness (QED) is 0.463. The number of rotatable bonds is 4. The van der Waals surface area contributed by atoms with Crippen LogP contribution in [0.5, 0.6) is 17.2 Å². The molecule has 2 heterocycles. The molecule has 186 valence electrons. The number of fused-ring (bicyclic) bond motifs is 2. The molecule has 0 N–H and O–H groups in total. The number of benzene rings is 3. The van der Waals surface area contributed by atoms with Gasteiger partial charge in [-0.25, -0.2) is 4.99 Å². The summed E-state index contributed by atoms with van der Waals surface area (Å²) in [6, 6.07) is 22.0. The summed E-state index contributed by atoms with van der Waals surface area (Å²) in [5, 5.41) is 0. The molecule has 3 aromatic carbocycles. The van der Waals surface area contributed by atoms with Gasteiger partial charge in [0.15, 0.2) is 5.75 Å². The van der Waals surface area contributed by atoms with Crippen molar-refractivity contribution in [2.24, 2.45) is 4.99 Å². The van der Waals surface area contributed by atoms with Gasteiger partial charge in [0.05, 0.1) is 18.6 Å². The third-order valence-corrected chi connectivity index (χ3v) is 7.11. The van der Waals surface area contributed by atoms with Gasteiger partial charge in [0.25, 0.3) is 0 Å². The third-order valence-electron chi connectivity index (χ3n) is 7.11. The molecule has 1 saturated heterocycles. The highest BCUT2D eigenvalue weighted by molar-refractivity contribution is 6.04. The first-order valence-electron chi connectivity index (χ1n) is 12.6. The van der Waals surface area contributed by atoms with E-state index in [0.29, 0.717) is 19.6 Å². The first-order chi connectivity index (χ1) is 17.5. The average Bonchev–Trinajstić information content (AvgIpc) is 3.05. The van der Waals surface area contributed by atoms with Crippen molar-refractivity contribution in [3.63, 3.8) is 0 Å². The lowest BCUT2D eigenvalue weighted by atomic mass is 9.94. The van der Waals surface area contributed by atoms with Crippen LogP contribution in [0.4, 0.5) is 5.69 Å². The summed E-state index contributed by atoms with van der Waals surface area (Å²) in [6.07, 6.45) is 0.781. The van der Waals surface area contributed by atoms with Crippen molar-refractivity contribution in [1.29, 1.82) is 0 Å². The maximum atomic E-state index is 13.6. The van der Waals surface area contributed by atoms with E-state index in [1.54, 1.807) is 7.11 Å². The second kappa shape index (κ2) is 10.1. The highest BCUT2D eigenvalue weighted by atomic mass is 16.5. The Balaban J connectivity index is 1.45. The monoisotopic (exact) mass is 483 g/mol. The van der Waals surface area contributed by atoms with Crippen LogP contribution in [0.1, 0.15) is 42.9 Å². The van der Waals surface area contributed by atoms with Gasteiger partial charge in [0.1, 0.15) is 23.0 Å². The Bertz CT molecular complexity index is 1290. The SMILES string of the molecule is CC[C@@H](C(=O)N1CCN(C2=Nc3ccc(C)cc3Oc3ccc(OC)cc32)C[C@H]1C)c1ccccc1. The molecule has 0 bridgehead atoms. The summed E-state index contributed by atoms with van der Waals surface area (Å²) in [5.41, 5.74) is 3.89. The topological polar surface area (TPSA) is 54.4 Å². The third kappa shape index (κ3) is 4.55. The Morgan fingerprint density at radius 2 is 1.89 bits per heavy atom. The first kappa shape index (κ1) is 23.9. The minimum absolute atomic E-state index is 0.0439. The molecular weight excluding hydrogens is 450 g/mol. The van der Waals surface area contributed by atoms with E-state index in [2.05, 4.69) is 30.9 Å². The van der Waals surface area contributed by atoms with Crippen LogP contribution in [-0.4, -0.2) is 54.3 Å². The van der Waals surface area contributed by atoms with Crippen molar-refractivity contribution in [2.45, 2.75) is 39.2 Å². The lowest BCUT2D eigenvalue weighted by Crippen LogP contribution is -2.56. The predicted molar refractivity (Wildman–Crippen MR) is 143 cm³/mol. The molecule has 1 fully saturated rings. The van der Waals surface area contributed by atoms with Crippen LogP contribution in [0.2, 0.25) is 0 Å². The van der Waals surface area contributed by atoms with Gasteiger partial charge in [-0.1, -0.05) is 43.3 Å². The standard InChI is InChI=1S/C30H33N3O3/c1-5-24(22-9-7-6-8-10-22)30(34)33-16-15-32(19-21(33)3)29-25-18-23(35-4)12-14-27(25)36-28-17-20(2)11-13-26(28)31-29/h6-14,17-18,21,24H,5,15-16,19H2,1-4H3/t21-,24-/m1/s1. The van der Waals surface area contributed by atoms with E-state index >= 15 is 0 Å². The number of aliphatic imine (C=N–C) groups is 1. The van der Waals surface area contributed by atoms with Gasteiger partial charge in [0.2, 0.25) is 5.91 Å². The zero-order valence-electron chi connectivity index (χ0n) is 21.4. The van der Waals surface area contributed by atoms with Gasteiger partial charge < -0.3 is 19.3 Å².